The molecule has 6 heteroatoms. The Hall–Kier alpha value is -2.80. The fourth-order valence-corrected chi connectivity index (χ4v) is 2.94. The minimum Gasteiger partial charge on any atom is -0.467 e. The van der Waals surface area contributed by atoms with Gasteiger partial charge >= 0.3 is 0 Å². The van der Waals surface area contributed by atoms with Crippen LogP contribution in [-0.4, -0.2) is 19.4 Å². The van der Waals surface area contributed by atoms with Gasteiger partial charge in [-0.05, 0) is 12.1 Å². The maximum Gasteiger partial charge on any atom is 0.237 e. The number of rotatable bonds is 0. The Morgan fingerprint density at radius 3 is 2.64 bits per heavy atom. The zero-order chi connectivity index (χ0) is 15.2. The van der Waals surface area contributed by atoms with Gasteiger partial charge in [-0.3, -0.25) is 0 Å². The zero-order valence-electron chi connectivity index (χ0n) is 11.5. The van der Waals surface area contributed by atoms with Gasteiger partial charge in [0, 0.05) is 17.6 Å². The van der Waals surface area contributed by atoms with E-state index in [2.05, 4.69) is 12.1 Å². The average molecular weight is 294 g/mol. The number of ether oxygens (including phenoxy) is 4. The van der Waals surface area contributed by atoms with Crippen LogP contribution in [-0.2, 0) is 14.2 Å². The molecule has 1 fully saturated rings. The first-order valence-electron chi connectivity index (χ1n) is 6.71. The quantitative estimate of drug-likeness (QED) is 0.729. The number of fused-ring (bicyclic) bond motifs is 2. The highest BCUT2D eigenvalue weighted by Gasteiger charge is 2.49. The molecule has 1 aromatic rings. The van der Waals surface area contributed by atoms with Gasteiger partial charge < -0.3 is 18.9 Å². The molecule has 1 unspecified atom stereocenters. The van der Waals surface area contributed by atoms with E-state index in [9.17, 15) is 10.5 Å². The van der Waals surface area contributed by atoms with Crippen LogP contribution >= 0.6 is 0 Å². The number of hydrogen-bond donors (Lipinski definition) is 0. The van der Waals surface area contributed by atoms with Gasteiger partial charge in [-0.15, -0.1) is 0 Å². The molecule has 0 amide bonds. The molecule has 1 atom stereocenters. The molecule has 0 spiro atoms. The Bertz CT molecular complexity index is 812. The SMILES string of the molecule is N#CC1=CCC23OCOC2=C1c1c(C#N)cccc1OCO3. The van der Waals surface area contributed by atoms with Crippen molar-refractivity contribution in [3.8, 4) is 17.9 Å². The second kappa shape index (κ2) is 4.60. The van der Waals surface area contributed by atoms with E-state index in [4.69, 9.17) is 18.9 Å². The van der Waals surface area contributed by atoms with Crippen LogP contribution in [0.4, 0.5) is 0 Å². The van der Waals surface area contributed by atoms with Gasteiger partial charge in [0.2, 0.25) is 5.79 Å². The van der Waals surface area contributed by atoms with Crippen LogP contribution in [0.25, 0.3) is 5.57 Å². The van der Waals surface area contributed by atoms with Gasteiger partial charge in [0.25, 0.3) is 0 Å². The summed E-state index contributed by atoms with van der Waals surface area (Å²) in [5, 5.41) is 18.9. The molecular weight excluding hydrogens is 284 g/mol. The summed E-state index contributed by atoms with van der Waals surface area (Å²) >= 11 is 0. The molecule has 0 aromatic heterocycles. The Labute approximate surface area is 126 Å². The smallest absolute Gasteiger partial charge is 0.237 e. The first-order chi connectivity index (χ1) is 10.8. The predicted molar refractivity (Wildman–Crippen MR) is 72.7 cm³/mol. The van der Waals surface area contributed by atoms with Gasteiger partial charge in [-0.25, -0.2) is 0 Å². The maximum atomic E-state index is 9.46. The fraction of sp³-hybridized carbons (Fsp3) is 0.250. The number of benzene rings is 1. The molecule has 2 aliphatic heterocycles. The largest absolute Gasteiger partial charge is 0.467 e. The van der Waals surface area contributed by atoms with Crippen molar-refractivity contribution >= 4 is 5.57 Å². The highest BCUT2D eigenvalue weighted by molar-refractivity contribution is 5.91. The third-order valence-electron chi connectivity index (χ3n) is 3.94. The molecule has 1 aliphatic carbocycles. The summed E-state index contributed by atoms with van der Waals surface area (Å²) in [6.45, 7) is 0.00713. The Balaban J connectivity index is 2.08. The molecule has 0 N–H and O–H groups in total. The minimum absolute atomic E-state index is 0.0300. The summed E-state index contributed by atoms with van der Waals surface area (Å²) in [4.78, 5) is 0. The van der Waals surface area contributed by atoms with Crippen LogP contribution < -0.4 is 4.74 Å². The Morgan fingerprint density at radius 2 is 1.86 bits per heavy atom. The van der Waals surface area contributed by atoms with Crippen LogP contribution in [0.5, 0.6) is 5.75 Å². The Morgan fingerprint density at radius 1 is 1.05 bits per heavy atom. The van der Waals surface area contributed by atoms with Crippen molar-refractivity contribution in [1.29, 1.82) is 10.5 Å². The van der Waals surface area contributed by atoms with Crippen molar-refractivity contribution in [2.24, 2.45) is 0 Å². The van der Waals surface area contributed by atoms with Crippen molar-refractivity contribution in [2.75, 3.05) is 13.6 Å². The van der Waals surface area contributed by atoms with E-state index in [1.807, 2.05) is 0 Å². The lowest BCUT2D eigenvalue weighted by Gasteiger charge is -2.33. The fourth-order valence-electron chi connectivity index (χ4n) is 2.94. The first kappa shape index (κ1) is 12.9. The first-order valence-corrected chi connectivity index (χ1v) is 6.71. The standard InChI is InChI=1S/C16H10N2O4/c17-6-10-2-1-3-12-13(10)14-11(7-18)4-5-16(21-8-19-12)15(14)20-9-22-16/h1-4H,5,8-9H2. The lowest BCUT2D eigenvalue weighted by molar-refractivity contribution is -0.217. The van der Waals surface area contributed by atoms with Crippen LogP contribution in [0.15, 0.2) is 35.6 Å². The van der Waals surface area contributed by atoms with E-state index in [0.717, 1.165) is 0 Å². The topological polar surface area (TPSA) is 84.5 Å². The van der Waals surface area contributed by atoms with E-state index in [-0.39, 0.29) is 13.6 Å². The monoisotopic (exact) mass is 294 g/mol. The summed E-state index contributed by atoms with van der Waals surface area (Å²) < 4.78 is 22.6. The molecule has 1 aromatic carbocycles. The van der Waals surface area contributed by atoms with E-state index in [1.54, 1.807) is 24.3 Å². The van der Waals surface area contributed by atoms with Crippen LogP contribution in [0.2, 0.25) is 0 Å². The van der Waals surface area contributed by atoms with Crippen molar-refractivity contribution < 1.29 is 18.9 Å². The number of hydrogen-bond acceptors (Lipinski definition) is 6. The third kappa shape index (κ3) is 1.59. The van der Waals surface area contributed by atoms with E-state index in [1.165, 1.54) is 0 Å². The van der Waals surface area contributed by atoms with Crippen LogP contribution in [0.1, 0.15) is 17.5 Å². The summed E-state index contributed by atoms with van der Waals surface area (Å²) in [7, 11) is 0. The molecule has 0 radical (unpaired) electrons. The number of allylic oxidation sites excluding steroid dienone is 2. The lowest BCUT2D eigenvalue weighted by atomic mass is 9.85. The van der Waals surface area contributed by atoms with Crippen molar-refractivity contribution in [1.82, 2.24) is 0 Å². The zero-order valence-corrected chi connectivity index (χ0v) is 11.5. The van der Waals surface area contributed by atoms with Crippen molar-refractivity contribution in [2.45, 2.75) is 12.2 Å². The van der Waals surface area contributed by atoms with Gasteiger partial charge in [0.15, 0.2) is 19.3 Å². The molecule has 2 bridgehead atoms. The Kier molecular flexibility index (Phi) is 2.70. The van der Waals surface area contributed by atoms with Gasteiger partial charge in [-0.1, -0.05) is 12.1 Å². The minimum atomic E-state index is -1.07. The third-order valence-corrected chi connectivity index (χ3v) is 3.94. The van der Waals surface area contributed by atoms with Crippen molar-refractivity contribution in [3.63, 3.8) is 0 Å². The van der Waals surface area contributed by atoms with Gasteiger partial charge in [0.1, 0.15) is 5.75 Å². The molecule has 6 nitrogen and oxygen atoms in total. The summed E-state index contributed by atoms with van der Waals surface area (Å²) in [5.41, 5.74) is 1.90. The molecule has 22 heavy (non-hydrogen) atoms. The molecule has 2 heterocycles. The van der Waals surface area contributed by atoms with E-state index >= 15 is 0 Å². The van der Waals surface area contributed by atoms with E-state index < -0.39 is 5.79 Å². The number of nitrogens with zero attached hydrogens (tertiary/aromatic N) is 2. The average Bonchev–Trinajstić information content (AvgIpc) is 2.96. The lowest BCUT2D eigenvalue weighted by Crippen LogP contribution is -2.38. The van der Waals surface area contributed by atoms with Crippen LogP contribution in [0, 0.1) is 22.7 Å². The molecular formula is C16H10N2O4. The molecule has 0 saturated carbocycles. The highest BCUT2D eigenvalue weighted by atomic mass is 16.8. The molecule has 4 rings (SSSR count). The summed E-state index contributed by atoms with van der Waals surface area (Å²) in [6, 6.07) is 9.44. The normalized spacial score (nSPS) is 25.3. The molecule has 3 aliphatic rings. The van der Waals surface area contributed by atoms with E-state index in [0.29, 0.717) is 40.2 Å². The second-order valence-electron chi connectivity index (χ2n) is 4.99. The van der Waals surface area contributed by atoms with Crippen LogP contribution in [0.3, 0.4) is 0 Å². The summed E-state index contributed by atoms with van der Waals surface area (Å²) in [6.07, 6.45) is 2.11. The predicted octanol–water partition coefficient (Wildman–Crippen LogP) is 2.19. The second-order valence-corrected chi connectivity index (χ2v) is 4.99. The van der Waals surface area contributed by atoms with Crippen molar-refractivity contribution in [3.05, 3.63) is 46.7 Å². The van der Waals surface area contributed by atoms with Gasteiger partial charge in [0.05, 0.1) is 23.3 Å². The molecule has 108 valence electrons. The summed E-state index contributed by atoms with van der Waals surface area (Å²) in [5.74, 6) is -0.150. The number of nitriles is 2. The van der Waals surface area contributed by atoms with Gasteiger partial charge in [-0.2, -0.15) is 10.5 Å². The maximum absolute atomic E-state index is 9.46. The molecule has 1 saturated heterocycles. The highest BCUT2D eigenvalue weighted by Crippen LogP contribution is 2.49.